The van der Waals surface area contributed by atoms with Crippen LogP contribution in [0.5, 0.6) is 5.75 Å². The van der Waals surface area contributed by atoms with Crippen LogP contribution in [-0.4, -0.2) is 7.11 Å². The predicted molar refractivity (Wildman–Crippen MR) is 80.6 cm³/mol. The number of para-hydroxylation sites is 1. The fourth-order valence-electron chi connectivity index (χ4n) is 2.55. The summed E-state index contributed by atoms with van der Waals surface area (Å²) >= 11 is 0. The Hall–Kier alpha value is -2.35. The molecule has 0 saturated heterocycles. The molecule has 0 spiro atoms. The first-order valence-corrected chi connectivity index (χ1v) is 6.53. The Kier molecular flexibility index (Phi) is 3.15. The molecule has 3 rings (SSSR count). The maximum atomic E-state index is 14.4. The highest BCUT2D eigenvalue weighted by molar-refractivity contribution is 5.88. The molecule has 0 bridgehead atoms. The zero-order valence-corrected chi connectivity index (χ0v) is 11.5. The van der Waals surface area contributed by atoms with Gasteiger partial charge in [-0.1, -0.05) is 42.5 Å². The summed E-state index contributed by atoms with van der Waals surface area (Å²) in [4.78, 5) is 0. The van der Waals surface area contributed by atoms with Crippen molar-refractivity contribution in [2.45, 2.75) is 6.92 Å². The molecule has 0 fully saturated rings. The number of halogens is 1. The number of aryl methyl sites for hydroxylation is 1. The molecule has 0 heterocycles. The van der Waals surface area contributed by atoms with Crippen molar-refractivity contribution in [3.05, 3.63) is 66.0 Å². The summed E-state index contributed by atoms with van der Waals surface area (Å²) < 4.78 is 19.8. The van der Waals surface area contributed by atoms with Gasteiger partial charge in [0.15, 0.2) is 0 Å². The molecule has 0 radical (unpaired) electrons. The van der Waals surface area contributed by atoms with Gasteiger partial charge in [-0.3, -0.25) is 0 Å². The topological polar surface area (TPSA) is 9.23 Å². The van der Waals surface area contributed by atoms with Gasteiger partial charge in [-0.2, -0.15) is 0 Å². The molecule has 0 aliphatic rings. The van der Waals surface area contributed by atoms with Gasteiger partial charge in [0.25, 0.3) is 0 Å². The van der Waals surface area contributed by atoms with E-state index in [0.717, 1.165) is 27.6 Å². The minimum atomic E-state index is -0.229. The van der Waals surface area contributed by atoms with E-state index < -0.39 is 0 Å². The third kappa shape index (κ3) is 2.03. The molecule has 2 heteroatoms. The van der Waals surface area contributed by atoms with Gasteiger partial charge in [0.05, 0.1) is 7.11 Å². The number of hydrogen-bond acceptors (Lipinski definition) is 1. The highest BCUT2D eigenvalue weighted by Crippen LogP contribution is 2.36. The van der Waals surface area contributed by atoms with E-state index in [2.05, 4.69) is 0 Å². The molecule has 0 amide bonds. The molecular weight excluding hydrogens is 251 g/mol. The van der Waals surface area contributed by atoms with Crippen molar-refractivity contribution in [2.24, 2.45) is 0 Å². The Morgan fingerprint density at radius 3 is 2.25 bits per heavy atom. The average molecular weight is 266 g/mol. The van der Waals surface area contributed by atoms with Gasteiger partial charge in [0, 0.05) is 11.1 Å². The first-order valence-electron chi connectivity index (χ1n) is 6.53. The highest BCUT2D eigenvalue weighted by Gasteiger charge is 2.13. The largest absolute Gasteiger partial charge is 0.496 e. The number of fused-ring (bicyclic) bond motifs is 1. The molecule has 0 aliphatic heterocycles. The average Bonchev–Trinajstić information content (AvgIpc) is 2.46. The van der Waals surface area contributed by atoms with E-state index in [1.807, 2.05) is 55.5 Å². The van der Waals surface area contributed by atoms with Crippen LogP contribution in [0.1, 0.15) is 5.56 Å². The summed E-state index contributed by atoms with van der Waals surface area (Å²) in [6.07, 6.45) is 0. The van der Waals surface area contributed by atoms with Crippen LogP contribution in [0.25, 0.3) is 21.9 Å². The first-order chi connectivity index (χ1) is 9.70. The predicted octanol–water partition coefficient (Wildman–Crippen LogP) is 4.96. The minimum Gasteiger partial charge on any atom is -0.496 e. The summed E-state index contributed by atoms with van der Waals surface area (Å²) in [5.74, 6) is 0.495. The summed E-state index contributed by atoms with van der Waals surface area (Å²) in [6, 6.07) is 17.0. The van der Waals surface area contributed by atoms with Gasteiger partial charge in [0.1, 0.15) is 11.6 Å². The zero-order chi connectivity index (χ0) is 14.1. The Balaban J connectivity index is 2.29. The van der Waals surface area contributed by atoms with E-state index in [1.165, 1.54) is 0 Å². The Morgan fingerprint density at radius 2 is 1.55 bits per heavy atom. The second-order valence-electron chi connectivity index (χ2n) is 4.83. The van der Waals surface area contributed by atoms with Gasteiger partial charge in [0.2, 0.25) is 0 Å². The van der Waals surface area contributed by atoms with Crippen molar-refractivity contribution in [2.75, 3.05) is 7.11 Å². The fraction of sp³-hybridized carbons (Fsp3) is 0.111. The van der Waals surface area contributed by atoms with Crippen LogP contribution in [0.2, 0.25) is 0 Å². The number of methoxy groups -OCH3 is 1. The van der Waals surface area contributed by atoms with E-state index in [0.29, 0.717) is 5.56 Å². The maximum Gasteiger partial charge on any atom is 0.131 e. The molecule has 0 aliphatic carbocycles. The van der Waals surface area contributed by atoms with Gasteiger partial charge < -0.3 is 4.74 Å². The van der Waals surface area contributed by atoms with E-state index >= 15 is 0 Å². The van der Waals surface area contributed by atoms with Crippen LogP contribution >= 0.6 is 0 Å². The van der Waals surface area contributed by atoms with Gasteiger partial charge in [-0.05, 0) is 35.4 Å². The van der Waals surface area contributed by atoms with Crippen molar-refractivity contribution >= 4 is 10.8 Å². The van der Waals surface area contributed by atoms with Crippen molar-refractivity contribution in [1.82, 2.24) is 0 Å². The number of hydrogen-bond donors (Lipinski definition) is 0. The Bertz CT molecular complexity index is 777. The summed E-state index contributed by atoms with van der Waals surface area (Å²) in [5.41, 5.74) is 2.36. The summed E-state index contributed by atoms with van der Waals surface area (Å²) in [5, 5.41) is 1.92. The molecule has 0 saturated carbocycles. The van der Waals surface area contributed by atoms with Crippen LogP contribution in [0.4, 0.5) is 4.39 Å². The molecule has 0 N–H and O–H groups in total. The second kappa shape index (κ2) is 4.97. The lowest BCUT2D eigenvalue weighted by Crippen LogP contribution is -1.93. The fourth-order valence-corrected chi connectivity index (χ4v) is 2.55. The molecule has 1 nitrogen and oxygen atoms in total. The Labute approximate surface area is 117 Å². The molecule has 3 aromatic carbocycles. The van der Waals surface area contributed by atoms with Crippen LogP contribution in [-0.2, 0) is 0 Å². The smallest absolute Gasteiger partial charge is 0.131 e. The summed E-state index contributed by atoms with van der Waals surface area (Å²) in [7, 11) is 1.62. The zero-order valence-electron chi connectivity index (χ0n) is 11.5. The molecule has 0 atom stereocenters. The monoisotopic (exact) mass is 266 g/mol. The van der Waals surface area contributed by atoms with Gasteiger partial charge in [-0.15, -0.1) is 0 Å². The minimum absolute atomic E-state index is 0.229. The van der Waals surface area contributed by atoms with E-state index in [4.69, 9.17) is 4.74 Å². The lowest BCUT2D eigenvalue weighted by atomic mass is 9.98. The van der Waals surface area contributed by atoms with Crippen LogP contribution in [0, 0.1) is 12.7 Å². The molecule has 100 valence electrons. The lowest BCUT2D eigenvalue weighted by Gasteiger charge is -2.13. The lowest BCUT2D eigenvalue weighted by molar-refractivity contribution is 0.413. The second-order valence-corrected chi connectivity index (χ2v) is 4.83. The normalized spacial score (nSPS) is 10.8. The molecule has 0 unspecified atom stereocenters. The van der Waals surface area contributed by atoms with E-state index in [-0.39, 0.29) is 5.82 Å². The van der Waals surface area contributed by atoms with Crippen molar-refractivity contribution in [1.29, 1.82) is 0 Å². The SMILES string of the molecule is COc1c(C)cccc1-c1cc2ccccc2cc1F. The van der Waals surface area contributed by atoms with E-state index in [1.54, 1.807) is 13.2 Å². The quantitative estimate of drug-likeness (QED) is 0.636. The summed E-state index contributed by atoms with van der Waals surface area (Å²) in [6.45, 7) is 1.96. The van der Waals surface area contributed by atoms with Crippen molar-refractivity contribution in [3.8, 4) is 16.9 Å². The third-order valence-electron chi connectivity index (χ3n) is 3.54. The first kappa shape index (κ1) is 12.7. The van der Waals surface area contributed by atoms with Gasteiger partial charge >= 0.3 is 0 Å². The number of benzene rings is 3. The third-order valence-corrected chi connectivity index (χ3v) is 3.54. The van der Waals surface area contributed by atoms with Crippen molar-refractivity contribution in [3.63, 3.8) is 0 Å². The van der Waals surface area contributed by atoms with Crippen LogP contribution < -0.4 is 4.74 Å². The molecule has 3 aromatic rings. The van der Waals surface area contributed by atoms with Crippen LogP contribution in [0.3, 0.4) is 0 Å². The molecule has 20 heavy (non-hydrogen) atoms. The number of ether oxygens (including phenoxy) is 1. The molecular formula is C18H15FO. The number of rotatable bonds is 2. The van der Waals surface area contributed by atoms with E-state index in [9.17, 15) is 4.39 Å². The maximum absolute atomic E-state index is 14.4. The molecule has 0 aromatic heterocycles. The standard InChI is InChI=1S/C18H15FO/c1-12-6-5-9-15(18(12)20-2)16-10-13-7-3-4-8-14(13)11-17(16)19/h3-11H,1-2H3. The highest BCUT2D eigenvalue weighted by atomic mass is 19.1. The Morgan fingerprint density at radius 1 is 0.850 bits per heavy atom. The van der Waals surface area contributed by atoms with Crippen LogP contribution in [0.15, 0.2) is 54.6 Å². The van der Waals surface area contributed by atoms with Crippen molar-refractivity contribution < 1.29 is 9.13 Å². The van der Waals surface area contributed by atoms with Gasteiger partial charge in [-0.25, -0.2) is 4.39 Å².